The van der Waals surface area contributed by atoms with Crippen molar-refractivity contribution in [3.05, 3.63) is 104 Å². The third kappa shape index (κ3) is 4.29. The number of carboxylic acids is 1. The van der Waals surface area contributed by atoms with Gasteiger partial charge in [0.1, 0.15) is 18.2 Å². The molecule has 0 atom stereocenters. The Labute approximate surface area is 187 Å². The second kappa shape index (κ2) is 8.59. The fourth-order valence-electron chi connectivity index (χ4n) is 3.93. The van der Waals surface area contributed by atoms with Gasteiger partial charge >= 0.3 is 5.97 Å². The van der Waals surface area contributed by atoms with E-state index in [1.807, 2.05) is 6.92 Å². The van der Waals surface area contributed by atoms with Gasteiger partial charge < -0.3 is 14.2 Å². The van der Waals surface area contributed by atoms with Gasteiger partial charge in [-0.1, -0.05) is 23.7 Å². The summed E-state index contributed by atoms with van der Waals surface area (Å²) in [7, 11) is 0. The molecule has 5 nitrogen and oxygen atoms in total. The third-order valence-electron chi connectivity index (χ3n) is 5.49. The first-order valence-corrected chi connectivity index (χ1v) is 10.2. The molecule has 0 fully saturated rings. The zero-order valence-electron chi connectivity index (χ0n) is 17.1. The highest BCUT2D eigenvalue weighted by Gasteiger charge is 2.17. The molecule has 0 radical (unpaired) electrons. The number of aromatic nitrogens is 2. The van der Waals surface area contributed by atoms with Crippen LogP contribution < -0.4 is 5.56 Å². The Bertz CT molecular complexity index is 1410. The summed E-state index contributed by atoms with van der Waals surface area (Å²) in [5.41, 5.74) is 3.10. The van der Waals surface area contributed by atoms with Crippen molar-refractivity contribution in [2.75, 3.05) is 0 Å². The van der Waals surface area contributed by atoms with E-state index in [9.17, 15) is 23.5 Å². The number of carboxylic acid groups (broad SMARTS) is 1. The average Bonchev–Trinajstić information content (AvgIpc) is 2.97. The summed E-state index contributed by atoms with van der Waals surface area (Å²) in [6, 6.07) is 11.6. The number of rotatable bonds is 6. The van der Waals surface area contributed by atoms with Crippen LogP contribution in [-0.2, 0) is 24.3 Å². The van der Waals surface area contributed by atoms with Gasteiger partial charge in [0.15, 0.2) is 0 Å². The Kier molecular flexibility index (Phi) is 5.84. The van der Waals surface area contributed by atoms with E-state index in [1.165, 1.54) is 16.7 Å². The van der Waals surface area contributed by atoms with E-state index >= 15 is 0 Å². The summed E-state index contributed by atoms with van der Waals surface area (Å²) in [5, 5.41) is 10.7. The monoisotopic (exact) mass is 456 g/mol. The lowest BCUT2D eigenvalue weighted by atomic mass is 10.0. The summed E-state index contributed by atoms with van der Waals surface area (Å²) in [6.45, 7) is 1.62. The van der Waals surface area contributed by atoms with Crippen molar-refractivity contribution in [3.63, 3.8) is 0 Å². The standard InChI is InChI=1S/C24H19ClF2N2O3/c1-14-19(20-9-17(25)4-6-22(20)29(14)13-24(31)32)8-15-2-7-23(30)28(11-15)12-16-3-5-18(26)10-21(16)27/h2-7,9-11H,8,12-13H2,1H3,(H,31,32). The van der Waals surface area contributed by atoms with E-state index in [0.29, 0.717) is 11.4 Å². The van der Waals surface area contributed by atoms with E-state index in [0.717, 1.165) is 39.9 Å². The van der Waals surface area contributed by atoms with Crippen LogP contribution in [0.15, 0.2) is 59.5 Å². The van der Waals surface area contributed by atoms with Crippen molar-refractivity contribution in [2.24, 2.45) is 0 Å². The van der Waals surface area contributed by atoms with E-state index in [-0.39, 0.29) is 24.2 Å². The van der Waals surface area contributed by atoms with Gasteiger partial charge in [0.25, 0.3) is 5.56 Å². The van der Waals surface area contributed by atoms with Gasteiger partial charge in [-0.25, -0.2) is 8.78 Å². The zero-order valence-corrected chi connectivity index (χ0v) is 17.9. The number of fused-ring (bicyclic) bond motifs is 1. The molecular formula is C24H19ClF2N2O3. The van der Waals surface area contributed by atoms with Crippen LogP contribution >= 0.6 is 11.6 Å². The zero-order chi connectivity index (χ0) is 23.0. The quantitative estimate of drug-likeness (QED) is 0.454. The largest absolute Gasteiger partial charge is 0.480 e. The topological polar surface area (TPSA) is 64.2 Å². The van der Waals surface area contributed by atoms with Crippen molar-refractivity contribution in [3.8, 4) is 0 Å². The van der Waals surface area contributed by atoms with E-state index < -0.39 is 17.6 Å². The molecule has 32 heavy (non-hydrogen) atoms. The van der Waals surface area contributed by atoms with Crippen LogP contribution in [0.25, 0.3) is 10.9 Å². The second-order valence-corrected chi connectivity index (χ2v) is 8.06. The van der Waals surface area contributed by atoms with Crippen LogP contribution in [0.5, 0.6) is 0 Å². The van der Waals surface area contributed by atoms with Crippen molar-refractivity contribution in [1.82, 2.24) is 9.13 Å². The van der Waals surface area contributed by atoms with Crippen molar-refractivity contribution < 1.29 is 18.7 Å². The first-order chi connectivity index (χ1) is 15.2. The number of nitrogens with zero attached hydrogens (tertiary/aromatic N) is 2. The molecule has 0 aliphatic rings. The second-order valence-electron chi connectivity index (χ2n) is 7.62. The molecule has 4 rings (SSSR count). The lowest BCUT2D eigenvalue weighted by Crippen LogP contribution is -2.20. The van der Waals surface area contributed by atoms with Crippen LogP contribution in [-0.4, -0.2) is 20.2 Å². The minimum atomic E-state index is -0.957. The van der Waals surface area contributed by atoms with Gasteiger partial charge in [0.05, 0.1) is 6.54 Å². The maximum atomic E-state index is 14.1. The number of pyridine rings is 1. The summed E-state index contributed by atoms with van der Waals surface area (Å²) in [6.07, 6.45) is 2.05. The predicted octanol–water partition coefficient (Wildman–Crippen LogP) is 4.77. The smallest absolute Gasteiger partial charge is 0.323 e. The molecule has 8 heteroatoms. The molecular weight excluding hydrogens is 438 g/mol. The predicted molar refractivity (Wildman–Crippen MR) is 118 cm³/mol. The Hall–Kier alpha value is -3.45. The summed E-state index contributed by atoms with van der Waals surface area (Å²) in [5.74, 6) is -2.36. The van der Waals surface area contributed by atoms with Crippen LogP contribution in [0.3, 0.4) is 0 Å². The summed E-state index contributed by atoms with van der Waals surface area (Å²) in [4.78, 5) is 23.7. The number of aliphatic carboxylic acids is 1. The lowest BCUT2D eigenvalue weighted by Gasteiger charge is -2.10. The van der Waals surface area contributed by atoms with Gasteiger partial charge in [0, 0.05) is 51.9 Å². The maximum Gasteiger partial charge on any atom is 0.323 e. The molecule has 4 aromatic rings. The molecule has 0 saturated heterocycles. The first-order valence-electron chi connectivity index (χ1n) is 9.85. The normalized spacial score (nSPS) is 11.2. The van der Waals surface area contributed by atoms with Crippen LogP contribution in [0, 0.1) is 18.6 Å². The number of halogens is 3. The van der Waals surface area contributed by atoms with Gasteiger partial charge in [-0.3, -0.25) is 9.59 Å². The Morgan fingerprint density at radius 3 is 2.59 bits per heavy atom. The molecule has 0 aliphatic carbocycles. The molecule has 0 saturated carbocycles. The fourth-order valence-corrected chi connectivity index (χ4v) is 4.10. The van der Waals surface area contributed by atoms with Crippen molar-refractivity contribution in [2.45, 2.75) is 26.4 Å². The minimum absolute atomic E-state index is 0.0373. The van der Waals surface area contributed by atoms with Crippen molar-refractivity contribution in [1.29, 1.82) is 0 Å². The summed E-state index contributed by atoms with van der Waals surface area (Å²) >= 11 is 6.19. The van der Waals surface area contributed by atoms with Gasteiger partial charge in [-0.05, 0) is 42.3 Å². The molecule has 2 aromatic heterocycles. The first kappa shape index (κ1) is 21.8. The molecule has 0 aliphatic heterocycles. The lowest BCUT2D eigenvalue weighted by molar-refractivity contribution is -0.137. The molecule has 0 unspecified atom stereocenters. The van der Waals surface area contributed by atoms with E-state index in [1.54, 1.807) is 35.0 Å². The maximum absolute atomic E-state index is 14.1. The van der Waals surface area contributed by atoms with Crippen LogP contribution in [0.2, 0.25) is 5.02 Å². The number of hydrogen-bond acceptors (Lipinski definition) is 2. The molecule has 0 spiro atoms. The Morgan fingerprint density at radius 2 is 1.88 bits per heavy atom. The van der Waals surface area contributed by atoms with Crippen LogP contribution in [0.4, 0.5) is 8.78 Å². The van der Waals surface area contributed by atoms with Gasteiger partial charge in [-0.2, -0.15) is 0 Å². The average molecular weight is 457 g/mol. The molecule has 0 amide bonds. The van der Waals surface area contributed by atoms with E-state index in [2.05, 4.69) is 0 Å². The molecule has 1 N–H and O–H groups in total. The number of hydrogen-bond donors (Lipinski definition) is 1. The number of carbonyl (C=O) groups is 1. The minimum Gasteiger partial charge on any atom is -0.480 e. The van der Waals surface area contributed by atoms with E-state index in [4.69, 9.17) is 11.6 Å². The highest BCUT2D eigenvalue weighted by Crippen LogP contribution is 2.30. The highest BCUT2D eigenvalue weighted by molar-refractivity contribution is 6.31. The third-order valence-corrected chi connectivity index (χ3v) is 5.73. The number of benzene rings is 2. The highest BCUT2D eigenvalue weighted by atomic mass is 35.5. The van der Waals surface area contributed by atoms with Gasteiger partial charge in [-0.15, -0.1) is 0 Å². The molecule has 0 bridgehead atoms. The Morgan fingerprint density at radius 1 is 1.09 bits per heavy atom. The van der Waals surface area contributed by atoms with Crippen molar-refractivity contribution >= 4 is 28.5 Å². The fraction of sp³-hybridized carbons (Fsp3) is 0.167. The summed E-state index contributed by atoms with van der Waals surface area (Å²) < 4.78 is 30.3. The molecule has 164 valence electrons. The van der Waals surface area contributed by atoms with Gasteiger partial charge in [0.2, 0.25) is 0 Å². The molecule has 2 heterocycles. The molecule has 2 aromatic carbocycles. The SMILES string of the molecule is Cc1c(Cc2ccc(=O)n(Cc3ccc(F)cc3F)c2)c2cc(Cl)ccc2n1CC(=O)O. The Balaban J connectivity index is 1.74. The van der Waals surface area contributed by atoms with Crippen LogP contribution in [0.1, 0.15) is 22.4 Å².